The van der Waals surface area contributed by atoms with E-state index in [0.717, 1.165) is 44.7 Å². The Morgan fingerprint density at radius 2 is 2.20 bits per heavy atom. The third-order valence-corrected chi connectivity index (χ3v) is 3.00. The number of hydrazone groups is 1. The van der Waals surface area contributed by atoms with Crippen molar-refractivity contribution in [2.75, 3.05) is 19.8 Å². The van der Waals surface area contributed by atoms with Crippen LogP contribution in [-0.4, -0.2) is 36.4 Å². The molecule has 0 N–H and O–H groups in total. The Hall–Kier alpha value is -0.900. The zero-order valence-electron chi connectivity index (χ0n) is 9.24. The first-order valence-corrected chi connectivity index (χ1v) is 5.76. The molecule has 1 saturated heterocycles. The monoisotopic (exact) mass is 210 g/mol. The maximum Gasteiger partial charge on any atom is 0.248 e. The van der Waals surface area contributed by atoms with Gasteiger partial charge in [-0.2, -0.15) is 5.10 Å². The van der Waals surface area contributed by atoms with Gasteiger partial charge in [0.1, 0.15) is 0 Å². The standard InChI is InChI=1S/C11H18N2O2/c1-2-5-13-11(14)8-10(12-13)9-3-6-15-7-4-9/h9H,2-8H2,1H3. The molecule has 0 unspecified atom stereocenters. The molecule has 0 aromatic carbocycles. The van der Waals surface area contributed by atoms with E-state index in [1.165, 1.54) is 0 Å². The highest BCUT2D eigenvalue weighted by Crippen LogP contribution is 2.23. The molecule has 0 spiro atoms. The van der Waals surface area contributed by atoms with Crippen molar-refractivity contribution in [1.82, 2.24) is 5.01 Å². The van der Waals surface area contributed by atoms with Crippen LogP contribution in [0.5, 0.6) is 0 Å². The number of hydrogen-bond acceptors (Lipinski definition) is 3. The van der Waals surface area contributed by atoms with E-state index in [4.69, 9.17) is 4.74 Å². The van der Waals surface area contributed by atoms with Gasteiger partial charge in [0, 0.05) is 25.7 Å². The smallest absolute Gasteiger partial charge is 0.248 e. The summed E-state index contributed by atoms with van der Waals surface area (Å²) in [7, 11) is 0. The maximum absolute atomic E-state index is 11.6. The van der Waals surface area contributed by atoms with E-state index >= 15 is 0 Å². The third-order valence-electron chi connectivity index (χ3n) is 3.00. The molecule has 1 amide bonds. The number of carbonyl (C=O) groups is 1. The molecule has 84 valence electrons. The van der Waals surface area contributed by atoms with E-state index in [-0.39, 0.29) is 5.91 Å². The lowest BCUT2D eigenvalue weighted by atomic mass is 9.93. The maximum atomic E-state index is 11.6. The average molecular weight is 210 g/mol. The van der Waals surface area contributed by atoms with E-state index in [2.05, 4.69) is 12.0 Å². The second-order valence-corrected chi connectivity index (χ2v) is 4.17. The van der Waals surface area contributed by atoms with Crippen molar-refractivity contribution < 1.29 is 9.53 Å². The van der Waals surface area contributed by atoms with Gasteiger partial charge in [0.15, 0.2) is 0 Å². The van der Waals surface area contributed by atoms with Crippen molar-refractivity contribution >= 4 is 11.6 Å². The van der Waals surface area contributed by atoms with Gasteiger partial charge in [-0.15, -0.1) is 0 Å². The first-order valence-electron chi connectivity index (χ1n) is 5.76. The first-order chi connectivity index (χ1) is 7.31. The highest BCUT2D eigenvalue weighted by atomic mass is 16.5. The van der Waals surface area contributed by atoms with Gasteiger partial charge in [-0.25, -0.2) is 5.01 Å². The van der Waals surface area contributed by atoms with E-state index in [9.17, 15) is 4.79 Å². The van der Waals surface area contributed by atoms with Crippen LogP contribution in [-0.2, 0) is 9.53 Å². The number of hydrogen-bond donors (Lipinski definition) is 0. The normalized spacial score (nSPS) is 23.4. The van der Waals surface area contributed by atoms with Crippen LogP contribution < -0.4 is 0 Å². The Morgan fingerprint density at radius 3 is 2.87 bits per heavy atom. The molecule has 0 saturated carbocycles. The van der Waals surface area contributed by atoms with Gasteiger partial charge in [0.05, 0.1) is 12.1 Å². The van der Waals surface area contributed by atoms with Crippen LogP contribution in [0.4, 0.5) is 0 Å². The predicted octanol–water partition coefficient (Wildman–Crippen LogP) is 1.41. The lowest BCUT2D eigenvalue weighted by Crippen LogP contribution is -2.23. The van der Waals surface area contributed by atoms with Gasteiger partial charge in [-0.1, -0.05) is 6.92 Å². The summed E-state index contributed by atoms with van der Waals surface area (Å²) in [5, 5.41) is 6.06. The van der Waals surface area contributed by atoms with Gasteiger partial charge in [-0.3, -0.25) is 4.79 Å². The molecule has 15 heavy (non-hydrogen) atoms. The molecule has 0 aromatic rings. The van der Waals surface area contributed by atoms with E-state index in [1.54, 1.807) is 5.01 Å². The van der Waals surface area contributed by atoms with Gasteiger partial charge in [0.25, 0.3) is 0 Å². The van der Waals surface area contributed by atoms with Crippen LogP contribution in [0, 0.1) is 5.92 Å². The molecule has 2 aliphatic heterocycles. The average Bonchev–Trinajstić information content (AvgIpc) is 2.63. The second kappa shape index (κ2) is 4.75. The minimum atomic E-state index is 0.165. The van der Waals surface area contributed by atoms with Crippen molar-refractivity contribution in [2.24, 2.45) is 11.0 Å². The summed E-state index contributed by atoms with van der Waals surface area (Å²) >= 11 is 0. The Bertz CT molecular complexity index is 270. The van der Waals surface area contributed by atoms with Crippen LogP contribution in [0.15, 0.2) is 5.10 Å². The predicted molar refractivity (Wildman–Crippen MR) is 57.6 cm³/mol. The Balaban J connectivity index is 1.97. The molecule has 2 aliphatic rings. The lowest BCUT2D eigenvalue weighted by Gasteiger charge is -2.21. The minimum Gasteiger partial charge on any atom is -0.381 e. The molecule has 1 fully saturated rings. The number of rotatable bonds is 3. The van der Waals surface area contributed by atoms with Crippen molar-refractivity contribution in [1.29, 1.82) is 0 Å². The number of amides is 1. The Morgan fingerprint density at radius 1 is 1.47 bits per heavy atom. The molecule has 2 rings (SSSR count). The lowest BCUT2D eigenvalue weighted by molar-refractivity contribution is -0.128. The van der Waals surface area contributed by atoms with Crippen molar-refractivity contribution in [2.45, 2.75) is 32.6 Å². The number of ether oxygens (including phenoxy) is 1. The summed E-state index contributed by atoms with van der Waals surface area (Å²) in [6.45, 7) is 4.44. The summed E-state index contributed by atoms with van der Waals surface area (Å²) < 4.78 is 5.31. The summed E-state index contributed by atoms with van der Waals surface area (Å²) in [4.78, 5) is 11.6. The van der Waals surface area contributed by atoms with Crippen molar-refractivity contribution in [3.8, 4) is 0 Å². The zero-order valence-corrected chi connectivity index (χ0v) is 9.24. The summed E-state index contributed by atoms with van der Waals surface area (Å²) in [5.41, 5.74) is 1.08. The molecule has 0 radical (unpaired) electrons. The molecular weight excluding hydrogens is 192 g/mol. The number of carbonyl (C=O) groups excluding carboxylic acids is 1. The van der Waals surface area contributed by atoms with Crippen molar-refractivity contribution in [3.05, 3.63) is 0 Å². The van der Waals surface area contributed by atoms with Crippen LogP contribution in [0.2, 0.25) is 0 Å². The third kappa shape index (κ3) is 2.37. The Labute approximate surface area is 90.3 Å². The molecule has 4 heteroatoms. The van der Waals surface area contributed by atoms with Crippen LogP contribution >= 0.6 is 0 Å². The molecule has 0 aromatic heterocycles. The molecular formula is C11H18N2O2. The summed E-state index contributed by atoms with van der Waals surface area (Å²) in [6, 6.07) is 0. The van der Waals surface area contributed by atoms with Crippen LogP contribution in [0.25, 0.3) is 0 Å². The van der Waals surface area contributed by atoms with E-state index < -0.39 is 0 Å². The molecule has 4 nitrogen and oxygen atoms in total. The fourth-order valence-corrected chi connectivity index (χ4v) is 2.14. The van der Waals surface area contributed by atoms with Gasteiger partial charge >= 0.3 is 0 Å². The van der Waals surface area contributed by atoms with Gasteiger partial charge in [0.2, 0.25) is 5.91 Å². The molecule has 0 bridgehead atoms. The minimum absolute atomic E-state index is 0.165. The highest BCUT2D eigenvalue weighted by Gasteiger charge is 2.29. The van der Waals surface area contributed by atoms with E-state index in [0.29, 0.717) is 12.3 Å². The molecule has 2 heterocycles. The molecule has 0 atom stereocenters. The summed E-state index contributed by atoms with van der Waals surface area (Å²) in [6.07, 6.45) is 3.54. The highest BCUT2D eigenvalue weighted by molar-refractivity contribution is 6.06. The van der Waals surface area contributed by atoms with Crippen LogP contribution in [0.1, 0.15) is 32.6 Å². The molecule has 0 aliphatic carbocycles. The zero-order chi connectivity index (χ0) is 10.7. The summed E-state index contributed by atoms with van der Waals surface area (Å²) in [5.74, 6) is 0.642. The van der Waals surface area contributed by atoms with Crippen molar-refractivity contribution in [3.63, 3.8) is 0 Å². The quantitative estimate of drug-likeness (QED) is 0.706. The largest absolute Gasteiger partial charge is 0.381 e. The topological polar surface area (TPSA) is 41.9 Å². The van der Waals surface area contributed by atoms with Gasteiger partial charge in [-0.05, 0) is 19.3 Å². The van der Waals surface area contributed by atoms with Gasteiger partial charge < -0.3 is 4.74 Å². The fraction of sp³-hybridized carbons (Fsp3) is 0.818. The Kier molecular flexibility index (Phi) is 3.36. The fourth-order valence-electron chi connectivity index (χ4n) is 2.14. The first kappa shape index (κ1) is 10.6. The van der Waals surface area contributed by atoms with E-state index in [1.807, 2.05) is 0 Å². The second-order valence-electron chi connectivity index (χ2n) is 4.17. The van der Waals surface area contributed by atoms with Crippen LogP contribution in [0.3, 0.4) is 0 Å². The SMILES string of the molecule is CCCN1N=C(C2CCOCC2)CC1=O. The number of nitrogens with zero attached hydrogens (tertiary/aromatic N) is 2.